The second kappa shape index (κ2) is 34.1. The van der Waals surface area contributed by atoms with Crippen molar-refractivity contribution in [3.63, 3.8) is 0 Å². The number of fused-ring (bicyclic) bond motifs is 6. The number of thiocyanates is 1. The van der Waals surface area contributed by atoms with Gasteiger partial charge in [0.15, 0.2) is 0 Å². The van der Waals surface area contributed by atoms with Gasteiger partial charge in [0.25, 0.3) is 0 Å². The third-order valence-electron chi connectivity index (χ3n) is 13.5. The zero-order valence-corrected chi connectivity index (χ0v) is 46.5. The summed E-state index contributed by atoms with van der Waals surface area (Å²) in [5.74, 6) is 1.51. The van der Waals surface area contributed by atoms with E-state index in [1.165, 1.54) is 11.1 Å². The molecule has 1 aromatic heterocycles. The Morgan fingerprint density at radius 3 is 2.04 bits per heavy atom. The highest BCUT2D eigenvalue weighted by Gasteiger charge is 2.40. The van der Waals surface area contributed by atoms with Gasteiger partial charge in [0, 0.05) is 40.2 Å². The summed E-state index contributed by atoms with van der Waals surface area (Å²) < 4.78 is 59.7. The molecule has 0 saturated heterocycles. The van der Waals surface area contributed by atoms with Crippen LogP contribution in [0.5, 0.6) is 0 Å². The fraction of sp³-hybridized carbons (Fsp3) is 0.467. The maximum Gasteiger partial charge on any atom is 0.140 e. The number of ether oxygens (including phenoxy) is 10. The van der Waals surface area contributed by atoms with Crippen LogP contribution in [0.25, 0.3) is 10.9 Å². The van der Waals surface area contributed by atoms with Gasteiger partial charge in [0.05, 0.1) is 136 Å². The molecule has 0 amide bonds. The van der Waals surface area contributed by atoms with Gasteiger partial charge in [0.1, 0.15) is 42.6 Å². The lowest BCUT2D eigenvalue weighted by atomic mass is 9.87. The molecule has 4 unspecified atom stereocenters. The molecule has 428 valence electrons. The van der Waals surface area contributed by atoms with Crippen LogP contribution in [0.15, 0.2) is 148 Å². The smallest absolute Gasteiger partial charge is 0.140 e. The van der Waals surface area contributed by atoms with Crippen molar-refractivity contribution in [2.24, 2.45) is 21.4 Å². The number of rotatable bonds is 38. The molecule has 3 heterocycles. The van der Waals surface area contributed by atoms with Crippen LogP contribution >= 0.6 is 11.8 Å². The van der Waals surface area contributed by atoms with Gasteiger partial charge < -0.3 is 62.3 Å². The number of thioether (sulfide) groups is 1. The van der Waals surface area contributed by atoms with Crippen LogP contribution in [0.2, 0.25) is 0 Å². The SMILES string of the molecule is CCC1C=CC(OCCOCCOCCOCC(COCCOCCOCCO/N=C/c2cn(O)c3ccccc23)OCCOCCOCCN2Cc3ccccc3C3C(N=NN3c3ccc(SC#N)cc3)c3ccccc32)=CC1. The summed E-state index contributed by atoms with van der Waals surface area (Å²) in [5, 5.41) is 37.8. The number of benzene rings is 4. The Hall–Kier alpha value is -6.35. The van der Waals surface area contributed by atoms with Crippen LogP contribution in [-0.2, 0) is 58.8 Å². The van der Waals surface area contributed by atoms with E-state index in [1.54, 1.807) is 12.4 Å². The average molecular weight is 1120 g/mol. The van der Waals surface area contributed by atoms with Crippen molar-refractivity contribution < 1.29 is 57.4 Å². The topological polar surface area (TPSA) is 194 Å². The van der Waals surface area contributed by atoms with Gasteiger partial charge in [-0.25, -0.2) is 5.01 Å². The minimum absolute atomic E-state index is 0.125. The zero-order valence-electron chi connectivity index (χ0n) is 45.7. The third-order valence-corrected chi connectivity index (χ3v) is 14.1. The minimum atomic E-state index is -0.329. The van der Waals surface area contributed by atoms with Crippen molar-refractivity contribution >= 4 is 40.3 Å². The number of hydrogen-bond donors (Lipinski definition) is 1. The molecule has 1 N–H and O–H groups in total. The Balaban J connectivity index is 0.703. The average Bonchev–Trinajstić information content (AvgIpc) is 4.20. The number of oxime groups is 1. The van der Waals surface area contributed by atoms with E-state index in [0.29, 0.717) is 143 Å². The van der Waals surface area contributed by atoms with Gasteiger partial charge in [-0.2, -0.15) is 15.1 Å². The molecule has 0 spiro atoms. The quantitative estimate of drug-likeness (QED) is 0.00979. The van der Waals surface area contributed by atoms with Crippen molar-refractivity contribution in [3.8, 4) is 5.40 Å². The number of para-hydroxylation sites is 2. The molecule has 4 aromatic carbocycles. The molecule has 2 aliphatic heterocycles. The molecule has 1 aliphatic carbocycles. The standard InChI is InChI=1S/C60H75N7O12S/c1-2-47-15-19-51(20-16-47)77-38-35-73-29-27-70-31-33-75-44-52(45-76-34-32-71-28-30-74-37-40-79-62-41-49-43-66(68)58-14-8-5-10-54(49)58)78-39-36-72-26-25-69-24-23-65-42-48-9-3-4-11-55(48)60-59(56-12-6-7-13-57(56)65)63-64-67(60)50-17-21-53(22-18-50)80-46-61/h3-15,17-22,41,43,47,52,59-60,68H,2,16,23-40,42,44-45H2,1H3/b62-41+. The summed E-state index contributed by atoms with van der Waals surface area (Å²) in [6.45, 7) is 11.2. The first-order valence-electron chi connectivity index (χ1n) is 27.6. The molecule has 0 saturated carbocycles. The van der Waals surface area contributed by atoms with Crippen molar-refractivity contribution in [2.45, 2.75) is 49.4 Å². The lowest BCUT2D eigenvalue weighted by molar-refractivity contribution is -0.0869. The van der Waals surface area contributed by atoms with E-state index < -0.39 is 0 Å². The largest absolute Gasteiger partial charge is 0.492 e. The fourth-order valence-corrected chi connectivity index (χ4v) is 9.72. The minimum Gasteiger partial charge on any atom is -0.492 e. The molecular weight excluding hydrogens is 1040 g/mol. The maximum atomic E-state index is 10.0. The van der Waals surface area contributed by atoms with E-state index >= 15 is 0 Å². The van der Waals surface area contributed by atoms with Gasteiger partial charge in [-0.05, 0) is 90.2 Å². The molecule has 0 radical (unpaired) electrons. The second-order valence-corrected chi connectivity index (χ2v) is 19.7. The number of hydrogen-bond acceptors (Lipinski definition) is 19. The first kappa shape index (κ1) is 59.8. The lowest BCUT2D eigenvalue weighted by Crippen LogP contribution is -2.33. The maximum absolute atomic E-state index is 10.0. The predicted octanol–water partition coefficient (Wildman–Crippen LogP) is 9.90. The summed E-state index contributed by atoms with van der Waals surface area (Å²) in [6, 6.07) is 32.0. The number of nitriles is 1. The second-order valence-electron chi connectivity index (χ2n) is 18.9. The normalized spacial score (nSPS) is 17.0. The number of aromatic nitrogens is 1. The molecule has 3 aliphatic rings. The van der Waals surface area contributed by atoms with E-state index in [-0.39, 0.29) is 24.8 Å². The molecule has 19 nitrogen and oxygen atoms in total. The zero-order chi connectivity index (χ0) is 55.2. The van der Waals surface area contributed by atoms with Gasteiger partial charge in [0.2, 0.25) is 0 Å². The molecular formula is C60H75N7O12S. The van der Waals surface area contributed by atoms with Crippen LogP contribution in [0.1, 0.15) is 54.1 Å². The molecule has 80 heavy (non-hydrogen) atoms. The van der Waals surface area contributed by atoms with Crippen molar-refractivity contribution in [2.75, 3.05) is 142 Å². The van der Waals surface area contributed by atoms with Crippen molar-refractivity contribution in [1.82, 2.24) is 4.73 Å². The van der Waals surface area contributed by atoms with Crippen molar-refractivity contribution in [1.29, 1.82) is 5.26 Å². The summed E-state index contributed by atoms with van der Waals surface area (Å²) in [6.07, 6.45) is 11.4. The highest BCUT2D eigenvalue weighted by atomic mass is 32.2. The summed E-state index contributed by atoms with van der Waals surface area (Å²) >= 11 is 1.14. The highest BCUT2D eigenvalue weighted by Crippen LogP contribution is 2.49. The molecule has 20 heteroatoms. The Bertz CT molecular complexity index is 2770. The number of allylic oxidation sites excluding steroid dienone is 3. The van der Waals surface area contributed by atoms with E-state index in [2.05, 4.69) is 89.1 Å². The van der Waals surface area contributed by atoms with Crippen LogP contribution in [-0.4, -0.2) is 154 Å². The number of nitrogens with zero attached hydrogens (tertiary/aromatic N) is 7. The highest BCUT2D eigenvalue weighted by molar-refractivity contribution is 8.03. The lowest BCUT2D eigenvalue weighted by Gasteiger charge is -2.35. The predicted molar refractivity (Wildman–Crippen MR) is 305 cm³/mol. The van der Waals surface area contributed by atoms with E-state index in [4.69, 9.17) is 67.8 Å². The molecule has 5 aromatic rings. The fourth-order valence-electron chi connectivity index (χ4n) is 9.34. The van der Waals surface area contributed by atoms with Crippen LogP contribution in [0, 0.1) is 16.6 Å². The molecule has 4 atom stereocenters. The van der Waals surface area contributed by atoms with Gasteiger partial charge in [-0.1, -0.05) is 84.0 Å². The van der Waals surface area contributed by atoms with E-state index in [1.807, 2.05) is 53.5 Å². The molecule has 0 bridgehead atoms. The summed E-state index contributed by atoms with van der Waals surface area (Å²) in [5.41, 5.74) is 6.96. The molecule has 0 fully saturated rings. The van der Waals surface area contributed by atoms with Crippen LogP contribution < -0.4 is 9.91 Å². The first-order valence-corrected chi connectivity index (χ1v) is 28.4. The van der Waals surface area contributed by atoms with Gasteiger partial charge in [-0.3, -0.25) is 0 Å². The van der Waals surface area contributed by atoms with Crippen LogP contribution in [0.3, 0.4) is 0 Å². The summed E-state index contributed by atoms with van der Waals surface area (Å²) in [7, 11) is 0. The van der Waals surface area contributed by atoms with Gasteiger partial charge >= 0.3 is 0 Å². The Morgan fingerprint density at radius 1 is 0.713 bits per heavy atom. The number of anilines is 2. The van der Waals surface area contributed by atoms with E-state index in [9.17, 15) is 5.21 Å². The summed E-state index contributed by atoms with van der Waals surface area (Å²) in [4.78, 5) is 8.57. The Kier molecular flexibility index (Phi) is 25.4. The van der Waals surface area contributed by atoms with Gasteiger partial charge in [-0.15, -0.1) is 0 Å². The molecule has 8 rings (SSSR count). The first-order chi connectivity index (χ1) is 39.6. The Morgan fingerprint density at radius 2 is 1.34 bits per heavy atom. The Labute approximate surface area is 473 Å². The van der Waals surface area contributed by atoms with Crippen molar-refractivity contribution in [3.05, 3.63) is 149 Å². The third kappa shape index (κ3) is 18.6. The van der Waals surface area contributed by atoms with E-state index in [0.717, 1.165) is 67.9 Å². The monoisotopic (exact) mass is 1120 g/mol. The van der Waals surface area contributed by atoms with Crippen LogP contribution in [0.4, 0.5) is 11.4 Å².